The maximum absolute atomic E-state index is 14.0. The van der Waals surface area contributed by atoms with Gasteiger partial charge in [-0.1, -0.05) is 18.2 Å². The lowest BCUT2D eigenvalue weighted by Crippen LogP contribution is -2.75. The fourth-order valence-electron chi connectivity index (χ4n) is 5.06. The van der Waals surface area contributed by atoms with Crippen LogP contribution in [0.5, 0.6) is 5.75 Å². The van der Waals surface area contributed by atoms with Gasteiger partial charge in [0.25, 0.3) is 5.91 Å². The summed E-state index contributed by atoms with van der Waals surface area (Å²) in [5, 5.41) is 2.48. The molecule has 2 atom stereocenters. The number of carbonyl (C=O) groups is 3. The van der Waals surface area contributed by atoms with Crippen LogP contribution in [0.25, 0.3) is 0 Å². The second kappa shape index (κ2) is 7.09. The van der Waals surface area contributed by atoms with E-state index < -0.39 is 23.3 Å². The van der Waals surface area contributed by atoms with Gasteiger partial charge in [-0.25, -0.2) is 9.69 Å². The summed E-state index contributed by atoms with van der Waals surface area (Å²) in [6.07, 6.45) is 0.253. The molecule has 8 nitrogen and oxygen atoms in total. The SMILES string of the molecule is COc1ccc(N2C(=O)NC(=O)[C@@]3(Cc4ccccc4N4CCN(C)C[C@@H]43)C2=O)cc1. The number of barbiturate groups is 1. The van der Waals surface area contributed by atoms with E-state index in [1.165, 1.54) is 0 Å². The molecule has 3 aliphatic heterocycles. The molecule has 0 aromatic heterocycles. The van der Waals surface area contributed by atoms with E-state index in [-0.39, 0.29) is 12.5 Å². The molecule has 2 aromatic rings. The number of urea groups is 1. The van der Waals surface area contributed by atoms with E-state index in [4.69, 9.17) is 4.74 Å². The summed E-state index contributed by atoms with van der Waals surface area (Å²) in [6, 6.07) is 13.5. The monoisotopic (exact) mass is 420 g/mol. The molecular weight excluding hydrogens is 396 g/mol. The quantitative estimate of drug-likeness (QED) is 0.744. The average Bonchev–Trinajstić information content (AvgIpc) is 2.78. The first-order valence-corrected chi connectivity index (χ1v) is 10.3. The van der Waals surface area contributed by atoms with Crippen LogP contribution < -0.4 is 19.9 Å². The number of nitrogens with one attached hydrogen (secondary N) is 1. The first kappa shape index (κ1) is 19.6. The molecular formula is C23H24N4O4. The zero-order chi connectivity index (χ0) is 21.8. The topological polar surface area (TPSA) is 82.2 Å². The summed E-state index contributed by atoms with van der Waals surface area (Å²) >= 11 is 0. The number of anilines is 2. The molecule has 31 heavy (non-hydrogen) atoms. The summed E-state index contributed by atoms with van der Waals surface area (Å²) in [7, 11) is 3.54. The van der Waals surface area contributed by atoms with E-state index in [1.54, 1.807) is 31.4 Å². The van der Waals surface area contributed by atoms with Gasteiger partial charge in [0, 0.05) is 25.3 Å². The highest BCUT2D eigenvalue weighted by Crippen LogP contribution is 2.46. The number of benzene rings is 2. The molecule has 0 radical (unpaired) electrons. The Morgan fingerprint density at radius 3 is 2.52 bits per heavy atom. The van der Waals surface area contributed by atoms with Gasteiger partial charge >= 0.3 is 6.03 Å². The van der Waals surface area contributed by atoms with Crippen molar-refractivity contribution >= 4 is 29.2 Å². The molecule has 8 heteroatoms. The molecule has 2 fully saturated rings. The number of carbonyl (C=O) groups excluding carboxylic acids is 3. The van der Waals surface area contributed by atoms with Crippen molar-refractivity contribution in [2.24, 2.45) is 5.41 Å². The number of ether oxygens (including phenoxy) is 1. The molecule has 0 bridgehead atoms. The Labute approximate surface area is 180 Å². The van der Waals surface area contributed by atoms with E-state index in [2.05, 4.69) is 15.1 Å². The molecule has 1 spiro atoms. The second-order valence-corrected chi connectivity index (χ2v) is 8.35. The number of amides is 4. The van der Waals surface area contributed by atoms with Crippen LogP contribution in [0.4, 0.5) is 16.2 Å². The first-order valence-electron chi connectivity index (χ1n) is 10.3. The number of rotatable bonds is 2. The van der Waals surface area contributed by atoms with Gasteiger partial charge in [0.05, 0.1) is 18.8 Å². The molecule has 0 saturated carbocycles. The normalized spacial score (nSPS) is 25.9. The molecule has 5 rings (SSSR count). The Morgan fingerprint density at radius 2 is 1.77 bits per heavy atom. The maximum atomic E-state index is 14.0. The van der Waals surface area contributed by atoms with E-state index in [0.29, 0.717) is 24.5 Å². The largest absolute Gasteiger partial charge is 0.497 e. The lowest BCUT2D eigenvalue weighted by atomic mass is 9.67. The van der Waals surface area contributed by atoms with Crippen LogP contribution in [0, 0.1) is 5.41 Å². The van der Waals surface area contributed by atoms with Gasteiger partial charge in [-0.15, -0.1) is 0 Å². The van der Waals surface area contributed by atoms with Crippen LogP contribution >= 0.6 is 0 Å². The van der Waals surface area contributed by atoms with Crippen molar-refractivity contribution < 1.29 is 19.1 Å². The van der Waals surface area contributed by atoms with Gasteiger partial charge < -0.3 is 14.5 Å². The number of methoxy groups -OCH3 is 1. The fourth-order valence-corrected chi connectivity index (χ4v) is 5.06. The van der Waals surface area contributed by atoms with Gasteiger partial charge in [0.15, 0.2) is 5.41 Å². The number of nitrogens with zero attached hydrogens (tertiary/aromatic N) is 3. The molecule has 2 saturated heterocycles. The zero-order valence-electron chi connectivity index (χ0n) is 17.5. The summed E-state index contributed by atoms with van der Waals surface area (Å²) < 4.78 is 5.19. The molecule has 4 amide bonds. The lowest BCUT2D eigenvalue weighted by Gasteiger charge is -2.55. The molecule has 2 aromatic carbocycles. The van der Waals surface area contributed by atoms with Gasteiger partial charge in [0.1, 0.15) is 5.75 Å². The van der Waals surface area contributed by atoms with Gasteiger partial charge in [-0.2, -0.15) is 0 Å². The van der Waals surface area contributed by atoms with E-state index in [1.807, 2.05) is 31.3 Å². The van der Waals surface area contributed by atoms with Crippen molar-refractivity contribution in [2.75, 3.05) is 43.6 Å². The van der Waals surface area contributed by atoms with Gasteiger partial charge in [-0.05, 0) is 49.4 Å². The molecule has 3 aliphatic rings. The number of hydrogen-bond acceptors (Lipinski definition) is 6. The first-order chi connectivity index (χ1) is 15.0. The maximum Gasteiger partial charge on any atom is 0.335 e. The van der Waals surface area contributed by atoms with Gasteiger partial charge in [-0.3, -0.25) is 14.9 Å². The smallest absolute Gasteiger partial charge is 0.335 e. The van der Waals surface area contributed by atoms with Crippen LogP contribution in [-0.2, 0) is 16.0 Å². The van der Waals surface area contributed by atoms with Crippen LogP contribution in [-0.4, -0.2) is 62.6 Å². The van der Waals surface area contributed by atoms with Gasteiger partial charge in [0.2, 0.25) is 5.91 Å². The Hall–Kier alpha value is -3.39. The molecule has 0 aliphatic carbocycles. The van der Waals surface area contributed by atoms with Crippen LogP contribution in [0.1, 0.15) is 5.56 Å². The summed E-state index contributed by atoms with van der Waals surface area (Å²) in [5.74, 6) is -0.385. The third kappa shape index (κ3) is 2.82. The standard InChI is InChI=1S/C23H24N4O4/c1-25-11-12-26-18-6-4-3-5-15(18)13-23(19(26)14-25)20(28)24-22(30)27(21(23)29)16-7-9-17(31-2)10-8-16/h3-10,19H,11-14H2,1-2H3,(H,24,28,30)/t19-,23+/m1/s1. The van der Waals surface area contributed by atoms with Crippen molar-refractivity contribution in [3.05, 3.63) is 54.1 Å². The zero-order valence-corrected chi connectivity index (χ0v) is 17.5. The summed E-state index contributed by atoms with van der Waals surface area (Å²) in [6.45, 7) is 2.09. The average molecular weight is 420 g/mol. The minimum absolute atomic E-state index is 0.253. The third-order valence-electron chi connectivity index (χ3n) is 6.67. The number of fused-ring (bicyclic) bond motifs is 4. The fraction of sp³-hybridized carbons (Fsp3) is 0.348. The highest BCUT2D eigenvalue weighted by atomic mass is 16.5. The molecule has 3 heterocycles. The molecule has 0 unspecified atom stereocenters. The Kier molecular flexibility index (Phi) is 4.48. The highest BCUT2D eigenvalue weighted by Gasteiger charge is 2.62. The van der Waals surface area contributed by atoms with Crippen molar-refractivity contribution in [1.82, 2.24) is 10.2 Å². The Morgan fingerprint density at radius 1 is 1.03 bits per heavy atom. The third-order valence-corrected chi connectivity index (χ3v) is 6.67. The number of imide groups is 2. The van der Waals surface area contributed by atoms with Crippen molar-refractivity contribution in [3.8, 4) is 5.75 Å². The number of piperazine rings is 1. The minimum atomic E-state index is -1.39. The minimum Gasteiger partial charge on any atom is -0.497 e. The van der Waals surface area contributed by atoms with E-state index in [9.17, 15) is 14.4 Å². The molecule has 1 N–H and O–H groups in total. The predicted molar refractivity (Wildman–Crippen MR) is 115 cm³/mol. The Balaban J connectivity index is 1.64. The van der Waals surface area contributed by atoms with Crippen molar-refractivity contribution in [2.45, 2.75) is 12.5 Å². The van der Waals surface area contributed by atoms with Crippen LogP contribution in [0.15, 0.2) is 48.5 Å². The second-order valence-electron chi connectivity index (χ2n) is 8.35. The van der Waals surface area contributed by atoms with E-state index in [0.717, 1.165) is 22.7 Å². The number of hydrogen-bond donors (Lipinski definition) is 1. The van der Waals surface area contributed by atoms with Crippen LogP contribution in [0.3, 0.4) is 0 Å². The number of likely N-dealkylation sites (N-methyl/N-ethyl adjacent to an activating group) is 1. The molecule has 160 valence electrons. The van der Waals surface area contributed by atoms with E-state index >= 15 is 0 Å². The Bertz CT molecular complexity index is 1070. The lowest BCUT2D eigenvalue weighted by molar-refractivity contribution is -0.145. The van der Waals surface area contributed by atoms with Crippen molar-refractivity contribution in [1.29, 1.82) is 0 Å². The predicted octanol–water partition coefficient (Wildman–Crippen LogP) is 1.64. The summed E-state index contributed by atoms with van der Waals surface area (Å²) in [4.78, 5) is 45.6. The summed E-state index contributed by atoms with van der Waals surface area (Å²) in [5.41, 5.74) is 1.01. The van der Waals surface area contributed by atoms with Crippen molar-refractivity contribution in [3.63, 3.8) is 0 Å². The van der Waals surface area contributed by atoms with Crippen LogP contribution in [0.2, 0.25) is 0 Å². The highest BCUT2D eigenvalue weighted by molar-refractivity contribution is 6.30. The number of para-hydroxylation sites is 1.